The zero-order valence-corrected chi connectivity index (χ0v) is 12.4. The van der Waals surface area contributed by atoms with Crippen molar-refractivity contribution in [1.82, 2.24) is 0 Å². The van der Waals surface area contributed by atoms with Crippen LogP contribution in [0, 0.1) is 18.6 Å². The molecule has 114 valence electrons. The van der Waals surface area contributed by atoms with E-state index in [-0.39, 0.29) is 17.5 Å². The van der Waals surface area contributed by atoms with Crippen molar-refractivity contribution in [2.75, 3.05) is 6.61 Å². The van der Waals surface area contributed by atoms with Crippen LogP contribution in [0.4, 0.5) is 8.78 Å². The topological polar surface area (TPSA) is 21.6 Å². The van der Waals surface area contributed by atoms with Crippen LogP contribution in [0.3, 0.4) is 0 Å². The Labute approximate surface area is 128 Å². The zero-order chi connectivity index (χ0) is 15.5. The first-order valence-electron chi connectivity index (χ1n) is 7.34. The number of hydrogen-bond acceptors (Lipinski definition) is 2. The van der Waals surface area contributed by atoms with E-state index in [2.05, 4.69) is 29.3 Å². The number of rotatable bonds is 4. The predicted molar refractivity (Wildman–Crippen MR) is 82.1 cm³/mol. The number of ether oxygens (including phenoxy) is 1. The van der Waals surface area contributed by atoms with E-state index < -0.39 is 11.6 Å². The Morgan fingerprint density at radius 3 is 2.45 bits per heavy atom. The van der Waals surface area contributed by atoms with Crippen LogP contribution in [0.15, 0.2) is 47.5 Å². The summed E-state index contributed by atoms with van der Waals surface area (Å²) in [6, 6.07) is 12.0. The lowest BCUT2D eigenvalue weighted by Crippen LogP contribution is -2.08. The fourth-order valence-corrected chi connectivity index (χ4v) is 2.49. The van der Waals surface area contributed by atoms with Crippen LogP contribution in [0.2, 0.25) is 0 Å². The van der Waals surface area contributed by atoms with Gasteiger partial charge in [0, 0.05) is 0 Å². The van der Waals surface area contributed by atoms with Crippen molar-refractivity contribution in [2.24, 2.45) is 4.99 Å². The van der Waals surface area contributed by atoms with Crippen LogP contribution in [0.1, 0.15) is 23.1 Å². The maximum Gasteiger partial charge on any atom is 0.222 e. The highest BCUT2D eigenvalue weighted by molar-refractivity contribution is 5.95. The fourth-order valence-electron chi connectivity index (χ4n) is 2.49. The lowest BCUT2D eigenvalue weighted by Gasteiger charge is -2.05. The smallest absolute Gasteiger partial charge is 0.222 e. The fraction of sp³-hybridized carbons (Fsp3) is 0.278. The van der Waals surface area contributed by atoms with Crippen LogP contribution in [-0.4, -0.2) is 18.5 Å². The SMILES string of the molecule is Cc1ccc(CCC2COC(c3c(F)cccc3F)=N2)cc1. The van der Waals surface area contributed by atoms with Crippen LogP contribution in [0.5, 0.6) is 0 Å². The maximum absolute atomic E-state index is 13.7. The zero-order valence-electron chi connectivity index (χ0n) is 12.4. The standard InChI is InChI=1S/C18H17F2NO/c1-12-5-7-13(8-6-12)9-10-14-11-22-18(21-14)17-15(19)3-2-4-16(17)20/h2-8,14H,9-11H2,1H3. The summed E-state index contributed by atoms with van der Waals surface area (Å²) in [5, 5.41) is 0. The lowest BCUT2D eigenvalue weighted by molar-refractivity contribution is 0.310. The summed E-state index contributed by atoms with van der Waals surface area (Å²) in [6.07, 6.45) is 1.66. The number of halogens is 2. The number of benzene rings is 2. The number of aliphatic imine (C=N–C) groups is 1. The molecule has 0 aliphatic carbocycles. The van der Waals surface area contributed by atoms with Crippen molar-refractivity contribution in [1.29, 1.82) is 0 Å². The molecule has 0 saturated carbocycles. The molecule has 1 aliphatic heterocycles. The van der Waals surface area contributed by atoms with Gasteiger partial charge in [0.2, 0.25) is 5.90 Å². The monoisotopic (exact) mass is 301 g/mol. The van der Waals surface area contributed by atoms with E-state index in [1.807, 2.05) is 6.92 Å². The summed E-state index contributed by atoms with van der Waals surface area (Å²) >= 11 is 0. The highest BCUT2D eigenvalue weighted by atomic mass is 19.1. The summed E-state index contributed by atoms with van der Waals surface area (Å²) in [4.78, 5) is 4.33. The molecular weight excluding hydrogens is 284 g/mol. The van der Waals surface area contributed by atoms with Gasteiger partial charge < -0.3 is 4.74 Å². The van der Waals surface area contributed by atoms with Crippen molar-refractivity contribution in [2.45, 2.75) is 25.8 Å². The molecule has 3 rings (SSSR count). The highest BCUT2D eigenvalue weighted by Gasteiger charge is 2.24. The molecule has 2 aromatic carbocycles. The minimum absolute atomic E-state index is 0.0599. The van der Waals surface area contributed by atoms with Gasteiger partial charge >= 0.3 is 0 Å². The molecule has 0 bridgehead atoms. The van der Waals surface area contributed by atoms with Gasteiger partial charge in [0.05, 0.1) is 6.04 Å². The molecule has 0 amide bonds. The molecule has 0 fully saturated rings. The Balaban J connectivity index is 1.68. The Morgan fingerprint density at radius 2 is 1.77 bits per heavy atom. The van der Waals surface area contributed by atoms with Crippen molar-refractivity contribution in [3.8, 4) is 0 Å². The summed E-state index contributed by atoms with van der Waals surface area (Å²) < 4.78 is 32.8. The Morgan fingerprint density at radius 1 is 1.09 bits per heavy atom. The molecule has 0 radical (unpaired) electrons. The molecule has 22 heavy (non-hydrogen) atoms. The summed E-state index contributed by atoms with van der Waals surface area (Å²) in [5.74, 6) is -1.21. The third-order valence-corrected chi connectivity index (χ3v) is 3.78. The summed E-state index contributed by atoms with van der Waals surface area (Å²) in [7, 11) is 0. The molecule has 1 atom stereocenters. The third kappa shape index (κ3) is 3.16. The van der Waals surface area contributed by atoms with E-state index in [9.17, 15) is 8.78 Å². The van der Waals surface area contributed by atoms with Gasteiger partial charge in [-0.2, -0.15) is 0 Å². The lowest BCUT2D eigenvalue weighted by atomic mass is 10.0. The molecule has 4 heteroatoms. The maximum atomic E-state index is 13.7. The first-order chi connectivity index (χ1) is 10.6. The highest BCUT2D eigenvalue weighted by Crippen LogP contribution is 2.20. The largest absolute Gasteiger partial charge is 0.475 e. The third-order valence-electron chi connectivity index (χ3n) is 3.78. The van der Waals surface area contributed by atoms with E-state index in [4.69, 9.17) is 4.74 Å². The van der Waals surface area contributed by atoms with Gasteiger partial charge in [-0.15, -0.1) is 0 Å². The van der Waals surface area contributed by atoms with Crippen molar-refractivity contribution < 1.29 is 13.5 Å². The molecule has 0 saturated heterocycles. The molecule has 0 N–H and O–H groups in total. The Hall–Kier alpha value is -2.23. The quantitative estimate of drug-likeness (QED) is 0.835. The number of hydrogen-bond donors (Lipinski definition) is 0. The Kier molecular flexibility index (Phi) is 4.18. The van der Waals surface area contributed by atoms with E-state index in [1.165, 1.54) is 29.3 Å². The second-order valence-electron chi connectivity index (χ2n) is 5.52. The van der Waals surface area contributed by atoms with Gasteiger partial charge in [0.25, 0.3) is 0 Å². The van der Waals surface area contributed by atoms with Gasteiger partial charge in [-0.05, 0) is 37.5 Å². The van der Waals surface area contributed by atoms with Gasteiger partial charge in [-0.1, -0.05) is 35.9 Å². The molecule has 2 aromatic rings. The Bertz CT molecular complexity index is 674. The van der Waals surface area contributed by atoms with Crippen molar-refractivity contribution in [3.05, 3.63) is 70.8 Å². The molecule has 1 unspecified atom stereocenters. The molecule has 0 aromatic heterocycles. The molecule has 2 nitrogen and oxygen atoms in total. The van der Waals surface area contributed by atoms with Crippen LogP contribution in [-0.2, 0) is 11.2 Å². The van der Waals surface area contributed by atoms with Gasteiger partial charge in [-0.3, -0.25) is 0 Å². The first kappa shape index (κ1) is 14.7. The van der Waals surface area contributed by atoms with Crippen LogP contribution >= 0.6 is 0 Å². The second kappa shape index (κ2) is 6.26. The van der Waals surface area contributed by atoms with Gasteiger partial charge in [0.1, 0.15) is 23.8 Å². The first-order valence-corrected chi connectivity index (χ1v) is 7.34. The molecule has 0 spiro atoms. The van der Waals surface area contributed by atoms with Crippen LogP contribution < -0.4 is 0 Å². The average Bonchev–Trinajstić information content (AvgIpc) is 2.95. The average molecular weight is 301 g/mol. The van der Waals surface area contributed by atoms with Gasteiger partial charge in [0.15, 0.2) is 0 Å². The summed E-state index contributed by atoms with van der Waals surface area (Å²) in [6.45, 7) is 2.42. The molecule has 1 heterocycles. The van der Waals surface area contributed by atoms with E-state index >= 15 is 0 Å². The molecule has 1 aliphatic rings. The van der Waals surface area contributed by atoms with E-state index in [0.29, 0.717) is 6.61 Å². The number of aryl methyl sites for hydroxylation is 2. The van der Waals surface area contributed by atoms with Crippen molar-refractivity contribution in [3.63, 3.8) is 0 Å². The second-order valence-corrected chi connectivity index (χ2v) is 5.52. The minimum atomic E-state index is -0.641. The van der Waals surface area contributed by atoms with Gasteiger partial charge in [-0.25, -0.2) is 13.8 Å². The van der Waals surface area contributed by atoms with Crippen molar-refractivity contribution >= 4 is 5.90 Å². The normalized spacial score (nSPS) is 17.2. The minimum Gasteiger partial charge on any atom is -0.475 e. The predicted octanol–water partition coefficient (Wildman–Crippen LogP) is 4.05. The number of nitrogens with zero attached hydrogens (tertiary/aromatic N) is 1. The summed E-state index contributed by atoms with van der Waals surface area (Å²) in [5.41, 5.74) is 2.29. The van der Waals surface area contributed by atoms with E-state index in [1.54, 1.807) is 0 Å². The van der Waals surface area contributed by atoms with E-state index in [0.717, 1.165) is 12.8 Å². The molecular formula is C18H17F2NO. The van der Waals surface area contributed by atoms with Crippen LogP contribution in [0.25, 0.3) is 0 Å².